The first-order chi connectivity index (χ1) is 15.0. The monoisotopic (exact) mass is 452 g/mol. The van der Waals surface area contributed by atoms with Gasteiger partial charge in [0, 0.05) is 6.54 Å². The van der Waals surface area contributed by atoms with Crippen LogP contribution in [-0.4, -0.2) is 69.7 Å². The Morgan fingerprint density at radius 1 is 0.969 bits per heavy atom. The van der Waals surface area contributed by atoms with Gasteiger partial charge >= 0.3 is 11.9 Å². The maximum absolute atomic E-state index is 12.6. The first-order valence-corrected chi connectivity index (χ1v) is 9.63. The Morgan fingerprint density at radius 2 is 1.56 bits per heavy atom. The average Bonchev–Trinajstić information content (AvgIpc) is 2.70. The Labute approximate surface area is 183 Å². The number of carboxylic acids is 2. The van der Waals surface area contributed by atoms with Gasteiger partial charge in [-0.25, -0.2) is 4.79 Å². The summed E-state index contributed by atoms with van der Waals surface area (Å²) in [7, 11) is 0. The second kappa shape index (κ2) is 12.7. The number of nitrogens with one attached hydrogen (secondary N) is 2. The standard InChI is InChI=1S/C19H28N6O7/c20-12(8-10-3-5-11(26)6-4-10)16(29)24-13(2-1-7-23-19(21)22)17(30)25-14(18(31)32)9-15(27)28/h3-6,12-14,26H,1-2,7-9,20H2,(H,24,29)(H,25,30)(H,27,28)(H,31,32)(H4,21,22,23). The fourth-order valence-corrected chi connectivity index (χ4v) is 2.68. The lowest BCUT2D eigenvalue weighted by atomic mass is 10.0. The number of nitrogens with zero attached hydrogens (tertiary/aromatic N) is 1. The number of aliphatic carboxylic acids is 2. The van der Waals surface area contributed by atoms with Gasteiger partial charge in [0.15, 0.2) is 5.96 Å². The number of carboxylic acid groups (broad SMARTS) is 2. The summed E-state index contributed by atoms with van der Waals surface area (Å²) in [5.41, 5.74) is 17.1. The zero-order chi connectivity index (χ0) is 24.3. The molecule has 1 aromatic carbocycles. The number of guanidine groups is 1. The first-order valence-electron chi connectivity index (χ1n) is 9.63. The minimum atomic E-state index is -1.68. The van der Waals surface area contributed by atoms with Crippen LogP contribution >= 0.6 is 0 Å². The van der Waals surface area contributed by atoms with Crippen molar-refractivity contribution in [3.63, 3.8) is 0 Å². The van der Waals surface area contributed by atoms with Gasteiger partial charge in [0.1, 0.15) is 17.8 Å². The molecular formula is C19H28N6O7. The highest BCUT2D eigenvalue weighted by Crippen LogP contribution is 2.11. The molecule has 3 atom stereocenters. The van der Waals surface area contributed by atoms with E-state index in [1.807, 2.05) is 0 Å². The summed E-state index contributed by atoms with van der Waals surface area (Å²) in [5, 5.41) is 31.9. The van der Waals surface area contributed by atoms with Gasteiger partial charge in [0.25, 0.3) is 0 Å². The van der Waals surface area contributed by atoms with Crippen molar-refractivity contribution in [3.8, 4) is 5.75 Å². The highest BCUT2D eigenvalue weighted by molar-refractivity contribution is 5.92. The van der Waals surface area contributed by atoms with Crippen LogP contribution in [0.2, 0.25) is 0 Å². The number of amides is 2. The first kappa shape index (κ1) is 26.2. The molecule has 0 radical (unpaired) electrons. The number of carbonyl (C=O) groups excluding carboxylic acids is 2. The molecule has 0 aliphatic heterocycles. The lowest BCUT2D eigenvalue weighted by molar-refractivity contribution is -0.147. The van der Waals surface area contributed by atoms with Gasteiger partial charge < -0.3 is 43.2 Å². The number of carbonyl (C=O) groups is 4. The van der Waals surface area contributed by atoms with Gasteiger partial charge in [-0.05, 0) is 37.0 Å². The van der Waals surface area contributed by atoms with E-state index in [4.69, 9.17) is 27.4 Å². The second-order valence-electron chi connectivity index (χ2n) is 6.98. The van der Waals surface area contributed by atoms with Crippen molar-refractivity contribution in [1.29, 1.82) is 0 Å². The number of benzene rings is 1. The van der Waals surface area contributed by atoms with Gasteiger partial charge in [-0.2, -0.15) is 0 Å². The van der Waals surface area contributed by atoms with E-state index in [9.17, 15) is 24.3 Å². The number of rotatable bonds is 13. The van der Waals surface area contributed by atoms with Crippen LogP contribution in [0, 0.1) is 0 Å². The third-order valence-electron chi connectivity index (χ3n) is 4.30. The Balaban J connectivity index is 2.85. The molecule has 0 aliphatic rings. The van der Waals surface area contributed by atoms with Crippen LogP contribution in [-0.2, 0) is 25.6 Å². The molecule has 13 nitrogen and oxygen atoms in total. The Kier molecular flexibility index (Phi) is 10.4. The van der Waals surface area contributed by atoms with Gasteiger partial charge in [0.05, 0.1) is 12.5 Å². The maximum Gasteiger partial charge on any atom is 0.326 e. The zero-order valence-corrected chi connectivity index (χ0v) is 17.2. The van der Waals surface area contributed by atoms with E-state index in [1.54, 1.807) is 12.1 Å². The van der Waals surface area contributed by atoms with Crippen molar-refractivity contribution >= 4 is 29.7 Å². The minimum Gasteiger partial charge on any atom is -0.508 e. The Hall–Kier alpha value is -3.87. The molecule has 1 rings (SSSR count). The van der Waals surface area contributed by atoms with Gasteiger partial charge in [-0.3, -0.25) is 19.4 Å². The van der Waals surface area contributed by atoms with Crippen molar-refractivity contribution in [1.82, 2.24) is 10.6 Å². The molecule has 32 heavy (non-hydrogen) atoms. The van der Waals surface area contributed by atoms with Gasteiger partial charge in [-0.15, -0.1) is 0 Å². The molecule has 0 aromatic heterocycles. The van der Waals surface area contributed by atoms with E-state index in [1.165, 1.54) is 12.1 Å². The number of nitrogens with two attached hydrogens (primary N) is 3. The number of aliphatic imine (C=N–C) groups is 1. The molecule has 1 aromatic rings. The summed E-state index contributed by atoms with van der Waals surface area (Å²) < 4.78 is 0. The van der Waals surface area contributed by atoms with Crippen LogP contribution in [0.4, 0.5) is 0 Å². The molecule has 0 fully saturated rings. The Morgan fingerprint density at radius 3 is 2.09 bits per heavy atom. The molecule has 3 unspecified atom stereocenters. The van der Waals surface area contributed by atoms with E-state index in [-0.39, 0.29) is 37.5 Å². The van der Waals surface area contributed by atoms with E-state index >= 15 is 0 Å². The van der Waals surface area contributed by atoms with Crippen LogP contribution in [0.3, 0.4) is 0 Å². The molecule has 0 saturated carbocycles. The van der Waals surface area contributed by atoms with E-state index in [0.717, 1.165) is 0 Å². The van der Waals surface area contributed by atoms with Crippen molar-refractivity contribution in [2.75, 3.05) is 6.54 Å². The Bertz CT molecular complexity index is 839. The number of aromatic hydroxyl groups is 1. The quantitative estimate of drug-likeness (QED) is 0.0915. The fraction of sp³-hybridized carbons (Fsp3) is 0.421. The third-order valence-corrected chi connectivity index (χ3v) is 4.30. The van der Waals surface area contributed by atoms with Crippen LogP contribution in [0.5, 0.6) is 5.75 Å². The molecule has 0 aliphatic carbocycles. The normalized spacial score (nSPS) is 13.3. The van der Waals surface area contributed by atoms with Gasteiger partial charge in [0.2, 0.25) is 11.8 Å². The van der Waals surface area contributed by atoms with Crippen molar-refractivity contribution < 1.29 is 34.5 Å². The topological polar surface area (TPSA) is 243 Å². The predicted molar refractivity (Wildman–Crippen MR) is 113 cm³/mol. The highest BCUT2D eigenvalue weighted by Gasteiger charge is 2.29. The number of phenols is 1. The molecule has 0 heterocycles. The molecule has 176 valence electrons. The van der Waals surface area contributed by atoms with E-state index in [0.29, 0.717) is 5.56 Å². The fourth-order valence-electron chi connectivity index (χ4n) is 2.68. The predicted octanol–water partition coefficient (Wildman–Crippen LogP) is -2.16. The minimum absolute atomic E-state index is 0.0414. The van der Waals surface area contributed by atoms with Crippen molar-refractivity contribution in [2.24, 2.45) is 22.2 Å². The van der Waals surface area contributed by atoms with E-state index in [2.05, 4.69) is 15.6 Å². The van der Waals surface area contributed by atoms with Crippen LogP contribution < -0.4 is 27.8 Å². The average molecular weight is 452 g/mol. The third kappa shape index (κ3) is 9.75. The maximum atomic E-state index is 12.6. The van der Waals surface area contributed by atoms with E-state index < -0.39 is 48.3 Å². The highest BCUT2D eigenvalue weighted by atomic mass is 16.4. The summed E-state index contributed by atoms with van der Waals surface area (Å²) in [6, 6.07) is 2.14. The molecule has 13 heteroatoms. The lowest BCUT2D eigenvalue weighted by Crippen LogP contribution is -2.55. The lowest BCUT2D eigenvalue weighted by Gasteiger charge is -2.22. The number of phenolic OH excluding ortho intramolecular Hbond substituents is 1. The van der Waals surface area contributed by atoms with Gasteiger partial charge in [-0.1, -0.05) is 12.1 Å². The second-order valence-corrected chi connectivity index (χ2v) is 6.98. The summed E-state index contributed by atoms with van der Waals surface area (Å²) >= 11 is 0. The van der Waals surface area contributed by atoms with Crippen LogP contribution in [0.1, 0.15) is 24.8 Å². The molecule has 0 saturated heterocycles. The summed E-state index contributed by atoms with van der Waals surface area (Å²) in [5.74, 6) is -4.60. The van der Waals surface area contributed by atoms with Crippen molar-refractivity contribution in [3.05, 3.63) is 29.8 Å². The number of hydrogen-bond donors (Lipinski definition) is 8. The molecule has 0 bridgehead atoms. The van der Waals surface area contributed by atoms with Crippen molar-refractivity contribution in [2.45, 2.75) is 43.8 Å². The largest absolute Gasteiger partial charge is 0.508 e. The molecule has 0 spiro atoms. The zero-order valence-electron chi connectivity index (χ0n) is 17.2. The van der Waals surface area contributed by atoms with Crippen LogP contribution in [0.15, 0.2) is 29.3 Å². The molecule has 11 N–H and O–H groups in total. The smallest absolute Gasteiger partial charge is 0.326 e. The molecule has 2 amide bonds. The molecular weight excluding hydrogens is 424 g/mol. The summed E-state index contributed by atoms with van der Waals surface area (Å²) in [6.07, 6.45) is -0.416. The van der Waals surface area contributed by atoms with Crippen LogP contribution in [0.25, 0.3) is 0 Å². The summed E-state index contributed by atoms with van der Waals surface area (Å²) in [6.45, 7) is 0.152. The SMILES string of the molecule is NC(N)=NCCCC(NC(=O)C(N)Cc1ccc(O)cc1)C(=O)NC(CC(=O)O)C(=O)O. The number of hydrogen-bond acceptors (Lipinski definition) is 7. The summed E-state index contributed by atoms with van der Waals surface area (Å²) in [4.78, 5) is 51.0.